The number of rotatable bonds is 18. The molecular weight excluding hydrogens is 490 g/mol. The van der Waals surface area contributed by atoms with E-state index in [4.69, 9.17) is 8.93 Å². The van der Waals surface area contributed by atoms with Gasteiger partial charge in [0.15, 0.2) is 0 Å². The van der Waals surface area contributed by atoms with Crippen molar-refractivity contribution in [2.24, 2.45) is 0 Å². The quantitative estimate of drug-likeness (QED) is 0.197. The molecule has 0 aliphatic rings. The fourth-order valence-electron chi connectivity index (χ4n) is 2.14. The van der Waals surface area contributed by atoms with Gasteiger partial charge in [0.1, 0.15) is 0 Å². The fourth-order valence-corrected chi connectivity index (χ4v) is 13.4. The maximum atomic E-state index is 12.1. The molecule has 0 unspecified atom stereocenters. The predicted molar refractivity (Wildman–Crippen MR) is 109 cm³/mol. The van der Waals surface area contributed by atoms with Crippen molar-refractivity contribution in [2.75, 3.05) is 17.3 Å². The standard InChI is InChI=1S/3C5H12O3S.Ga/c3*1-2-3-4-5-9(6,7)8;/h3*2-5H2,1H3,(H,6,7,8);/q;;;+3/p-3. The first-order valence-electron chi connectivity index (χ1n) is 9.69. The second-order valence-electron chi connectivity index (χ2n) is 6.48. The van der Waals surface area contributed by atoms with Crippen molar-refractivity contribution in [3.8, 4) is 0 Å². The van der Waals surface area contributed by atoms with Gasteiger partial charge >= 0.3 is 178 Å². The predicted octanol–water partition coefficient (Wildman–Crippen LogP) is 2.58. The molecule has 0 radical (unpaired) electrons. The summed E-state index contributed by atoms with van der Waals surface area (Å²) in [5.41, 5.74) is 0. The second-order valence-corrected chi connectivity index (χ2v) is 16.5. The van der Waals surface area contributed by atoms with Crippen LogP contribution in [-0.2, 0) is 39.3 Å². The first-order chi connectivity index (χ1) is 13.0. The average molecular weight is 523 g/mol. The van der Waals surface area contributed by atoms with E-state index in [-0.39, 0.29) is 17.3 Å². The molecule has 0 aliphatic heterocycles. The van der Waals surface area contributed by atoms with Crippen LogP contribution in [0.1, 0.15) is 78.6 Å². The SMILES string of the molecule is CCCCCS(=O)(=O)[O][Ga]([O]S(=O)(=O)CCCCC)[O]S(=O)(=O)CCCCC. The van der Waals surface area contributed by atoms with Gasteiger partial charge in [-0.1, -0.05) is 0 Å². The molecule has 168 valence electrons. The monoisotopic (exact) mass is 522 g/mol. The molecule has 0 atom stereocenters. The molecule has 0 aromatic rings. The molecule has 0 aliphatic carbocycles. The van der Waals surface area contributed by atoms with Gasteiger partial charge in [-0.3, -0.25) is 0 Å². The number of unbranched alkanes of at least 4 members (excludes halogenated alkanes) is 6. The molecule has 13 heteroatoms. The topological polar surface area (TPSA) is 130 Å². The zero-order valence-corrected chi connectivity index (χ0v) is 21.8. The van der Waals surface area contributed by atoms with E-state index in [0.29, 0.717) is 38.5 Å². The number of hydrogen-bond donors (Lipinski definition) is 0. The van der Waals surface area contributed by atoms with Gasteiger partial charge in [0.25, 0.3) is 0 Å². The van der Waals surface area contributed by atoms with Crippen LogP contribution in [0.15, 0.2) is 0 Å². The summed E-state index contributed by atoms with van der Waals surface area (Å²) in [6.07, 6.45) is 5.24. The van der Waals surface area contributed by atoms with E-state index in [1.807, 2.05) is 20.8 Å². The molecule has 0 saturated carbocycles. The summed E-state index contributed by atoms with van der Waals surface area (Å²) in [7, 11) is -12.4. The van der Waals surface area contributed by atoms with E-state index in [0.717, 1.165) is 19.3 Å². The van der Waals surface area contributed by atoms with Crippen LogP contribution in [0.4, 0.5) is 0 Å². The van der Waals surface area contributed by atoms with E-state index in [2.05, 4.69) is 0 Å². The van der Waals surface area contributed by atoms with Crippen LogP contribution in [0.5, 0.6) is 0 Å². The molecule has 0 heterocycles. The Bertz CT molecular complexity index is 618. The molecule has 0 saturated heterocycles. The van der Waals surface area contributed by atoms with Crippen molar-refractivity contribution in [1.82, 2.24) is 0 Å². The minimum atomic E-state index is -4.60. The third-order valence-corrected chi connectivity index (χ3v) is 15.9. The van der Waals surface area contributed by atoms with Crippen molar-refractivity contribution in [3.05, 3.63) is 0 Å². The third-order valence-electron chi connectivity index (χ3n) is 3.67. The Morgan fingerprint density at radius 1 is 0.500 bits per heavy atom. The van der Waals surface area contributed by atoms with Gasteiger partial charge in [-0.2, -0.15) is 0 Å². The van der Waals surface area contributed by atoms with Crippen LogP contribution in [0.2, 0.25) is 0 Å². The molecule has 0 fully saturated rings. The molecule has 28 heavy (non-hydrogen) atoms. The average Bonchev–Trinajstić information content (AvgIpc) is 2.53. The zero-order valence-electron chi connectivity index (χ0n) is 17.0. The minimum absolute atomic E-state index is 0.320. The second kappa shape index (κ2) is 14.4. The Hall–Kier alpha value is 0.366. The molecule has 9 nitrogen and oxygen atoms in total. The van der Waals surface area contributed by atoms with Crippen LogP contribution in [-0.4, -0.2) is 59.8 Å². The van der Waals surface area contributed by atoms with Gasteiger partial charge in [-0.05, 0) is 0 Å². The molecule has 0 aromatic carbocycles. The third kappa shape index (κ3) is 15.2. The molecule has 0 N–H and O–H groups in total. The van der Waals surface area contributed by atoms with Gasteiger partial charge in [-0.25, -0.2) is 0 Å². The van der Waals surface area contributed by atoms with E-state index in [1.54, 1.807) is 0 Å². The van der Waals surface area contributed by atoms with Crippen LogP contribution in [0.3, 0.4) is 0 Å². The van der Waals surface area contributed by atoms with Crippen molar-refractivity contribution in [1.29, 1.82) is 0 Å². The summed E-state index contributed by atoms with van der Waals surface area (Å²) < 4.78 is 87.0. The fraction of sp³-hybridized carbons (Fsp3) is 1.00. The first-order valence-corrected chi connectivity index (χ1v) is 17.4. The Kier molecular flexibility index (Phi) is 14.6. The van der Waals surface area contributed by atoms with Gasteiger partial charge in [0, 0.05) is 0 Å². The molecule has 0 amide bonds. The number of hydrogen-bond acceptors (Lipinski definition) is 9. The summed E-state index contributed by atoms with van der Waals surface area (Å²) in [4.78, 5) is 0. The Labute approximate surface area is 177 Å². The summed E-state index contributed by atoms with van der Waals surface area (Å²) in [5.74, 6) is -1.04. The van der Waals surface area contributed by atoms with Gasteiger partial charge in [-0.15, -0.1) is 0 Å². The first kappa shape index (κ1) is 28.4. The maximum absolute atomic E-state index is 12.1. The van der Waals surface area contributed by atoms with Crippen LogP contribution >= 0.6 is 0 Å². The van der Waals surface area contributed by atoms with Crippen molar-refractivity contribution >= 4 is 47.7 Å². The van der Waals surface area contributed by atoms with Crippen molar-refractivity contribution < 1.29 is 34.2 Å². The van der Waals surface area contributed by atoms with Gasteiger partial charge < -0.3 is 0 Å². The van der Waals surface area contributed by atoms with Crippen LogP contribution in [0.25, 0.3) is 0 Å². The van der Waals surface area contributed by atoms with Crippen molar-refractivity contribution in [3.63, 3.8) is 0 Å². The zero-order chi connectivity index (χ0) is 21.7. The van der Waals surface area contributed by atoms with E-state index in [9.17, 15) is 25.3 Å². The normalized spacial score (nSPS) is 13.0. The molecule has 0 spiro atoms. The van der Waals surface area contributed by atoms with E-state index >= 15 is 0 Å². The Morgan fingerprint density at radius 2 is 0.750 bits per heavy atom. The van der Waals surface area contributed by atoms with E-state index in [1.165, 1.54) is 0 Å². The summed E-state index contributed by atoms with van der Waals surface area (Å²) in [5, 5.41) is 0. The van der Waals surface area contributed by atoms with E-state index < -0.39 is 47.7 Å². The molecule has 0 bridgehead atoms. The summed E-state index contributed by atoms with van der Waals surface area (Å²) in [6, 6.07) is 0. The Morgan fingerprint density at radius 3 is 0.964 bits per heavy atom. The van der Waals surface area contributed by atoms with Crippen molar-refractivity contribution in [2.45, 2.75) is 78.6 Å². The van der Waals surface area contributed by atoms with Gasteiger partial charge in [0.2, 0.25) is 0 Å². The van der Waals surface area contributed by atoms with Gasteiger partial charge in [0.05, 0.1) is 0 Å². The molecular formula is C15H33GaO9S3. The Balaban J connectivity index is 5.20. The molecule has 0 rings (SSSR count). The van der Waals surface area contributed by atoms with Crippen LogP contribution in [0, 0.1) is 0 Å². The molecule has 0 aromatic heterocycles. The summed E-state index contributed by atoms with van der Waals surface area (Å²) in [6.45, 7) is 5.68. The summed E-state index contributed by atoms with van der Waals surface area (Å²) >= 11 is -4.60. The van der Waals surface area contributed by atoms with Crippen LogP contribution < -0.4 is 0 Å².